The summed E-state index contributed by atoms with van der Waals surface area (Å²) in [5.41, 5.74) is 2.01. The van der Waals surface area contributed by atoms with Gasteiger partial charge in [-0.25, -0.2) is 4.98 Å². The number of nitrogens with one attached hydrogen (secondary N) is 1. The zero-order chi connectivity index (χ0) is 10.7. The molecule has 0 aromatic carbocycles. The van der Waals surface area contributed by atoms with E-state index in [1.165, 1.54) is 0 Å². The van der Waals surface area contributed by atoms with E-state index >= 15 is 0 Å². The maximum Gasteiger partial charge on any atom is 0.133 e. The molecule has 0 saturated carbocycles. The van der Waals surface area contributed by atoms with Gasteiger partial charge in [0.25, 0.3) is 0 Å². The van der Waals surface area contributed by atoms with E-state index in [9.17, 15) is 0 Å². The molecule has 4 nitrogen and oxygen atoms in total. The fourth-order valence-electron chi connectivity index (χ4n) is 1.35. The largest absolute Gasteiger partial charge is 0.364 e. The number of rotatable bonds is 3. The Balaban J connectivity index is 2.02. The summed E-state index contributed by atoms with van der Waals surface area (Å²) in [6, 6.07) is 5.84. The van der Waals surface area contributed by atoms with Crippen LogP contribution >= 0.6 is 0 Å². The average Bonchev–Trinajstić information content (AvgIpc) is 2.63. The highest BCUT2D eigenvalue weighted by molar-refractivity contribution is 5.42. The van der Waals surface area contributed by atoms with Crippen LogP contribution in [0.3, 0.4) is 0 Å². The van der Waals surface area contributed by atoms with Crippen molar-refractivity contribution in [2.24, 2.45) is 0 Å². The molecular formula is C11H13N3O. The van der Waals surface area contributed by atoms with Gasteiger partial charge in [0.15, 0.2) is 0 Å². The molecule has 2 rings (SSSR count). The predicted octanol–water partition coefficient (Wildman–Crippen LogP) is 2.30. The summed E-state index contributed by atoms with van der Waals surface area (Å²) >= 11 is 0. The molecule has 0 unspecified atom stereocenters. The standard InChI is InChI=1S/C11H13N3O/c1-8-4-3-5-12-11(8)13-7-10-6-9(2)15-14-10/h3-6H,7H2,1-2H3,(H,12,13). The molecule has 0 radical (unpaired) electrons. The number of anilines is 1. The Morgan fingerprint density at radius 2 is 2.27 bits per heavy atom. The fraction of sp³-hybridized carbons (Fsp3) is 0.273. The van der Waals surface area contributed by atoms with Gasteiger partial charge in [-0.1, -0.05) is 11.2 Å². The van der Waals surface area contributed by atoms with Crippen LogP contribution in [0.1, 0.15) is 17.0 Å². The summed E-state index contributed by atoms with van der Waals surface area (Å²) in [5, 5.41) is 7.10. The molecule has 0 aliphatic rings. The molecule has 0 saturated heterocycles. The SMILES string of the molecule is Cc1cc(CNc2ncccc2C)no1. The van der Waals surface area contributed by atoms with Crippen molar-refractivity contribution in [3.05, 3.63) is 41.4 Å². The lowest BCUT2D eigenvalue weighted by molar-refractivity contribution is 0.391. The summed E-state index contributed by atoms with van der Waals surface area (Å²) in [6.07, 6.45) is 1.77. The van der Waals surface area contributed by atoms with Gasteiger partial charge in [0.2, 0.25) is 0 Å². The quantitative estimate of drug-likeness (QED) is 0.831. The Kier molecular flexibility index (Phi) is 2.67. The van der Waals surface area contributed by atoms with Gasteiger partial charge in [0.1, 0.15) is 17.3 Å². The average molecular weight is 203 g/mol. The van der Waals surface area contributed by atoms with Crippen molar-refractivity contribution < 1.29 is 4.52 Å². The van der Waals surface area contributed by atoms with Gasteiger partial charge in [0, 0.05) is 12.3 Å². The zero-order valence-corrected chi connectivity index (χ0v) is 8.82. The van der Waals surface area contributed by atoms with Crippen LogP contribution in [-0.2, 0) is 6.54 Å². The van der Waals surface area contributed by atoms with Crippen molar-refractivity contribution in [2.75, 3.05) is 5.32 Å². The highest BCUT2D eigenvalue weighted by Gasteiger charge is 2.01. The molecule has 2 aromatic rings. The van der Waals surface area contributed by atoms with Crippen LogP contribution in [-0.4, -0.2) is 10.1 Å². The van der Waals surface area contributed by atoms with Gasteiger partial charge in [-0.15, -0.1) is 0 Å². The van der Waals surface area contributed by atoms with Crippen molar-refractivity contribution >= 4 is 5.82 Å². The van der Waals surface area contributed by atoms with E-state index in [0.29, 0.717) is 6.54 Å². The van der Waals surface area contributed by atoms with Gasteiger partial charge in [-0.3, -0.25) is 0 Å². The molecule has 1 N–H and O–H groups in total. The van der Waals surface area contributed by atoms with E-state index in [2.05, 4.69) is 15.5 Å². The van der Waals surface area contributed by atoms with Gasteiger partial charge in [-0.2, -0.15) is 0 Å². The van der Waals surface area contributed by atoms with Crippen LogP contribution in [0, 0.1) is 13.8 Å². The zero-order valence-electron chi connectivity index (χ0n) is 8.82. The minimum Gasteiger partial charge on any atom is -0.364 e. The van der Waals surface area contributed by atoms with E-state index in [0.717, 1.165) is 22.8 Å². The molecular weight excluding hydrogens is 190 g/mol. The van der Waals surface area contributed by atoms with Crippen molar-refractivity contribution in [3.63, 3.8) is 0 Å². The minimum atomic E-state index is 0.634. The number of hydrogen-bond acceptors (Lipinski definition) is 4. The highest BCUT2D eigenvalue weighted by atomic mass is 16.5. The van der Waals surface area contributed by atoms with Crippen LogP contribution in [0.25, 0.3) is 0 Å². The Hall–Kier alpha value is -1.84. The number of hydrogen-bond donors (Lipinski definition) is 1. The maximum absolute atomic E-state index is 4.97. The van der Waals surface area contributed by atoms with E-state index in [4.69, 9.17) is 4.52 Å². The minimum absolute atomic E-state index is 0.634. The first-order valence-corrected chi connectivity index (χ1v) is 4.83. The van der Waals surface area contributed by atoms with Gasteiger partial charge < -0.3 is 9.84 Å². The lowest BCUT2D eigenvalue weighted by Gasteiger charge is -2.05. The number of aryl methyl sites for hydroxylation is 2. The fourth-order valence-corrected chi connectivity index (χ4v) is 1.35. The summed E-state index contributed by atoms with van der Waals surface area (Å²) in [4.78, 5) is 4.23. The van der Waals surface area contributed by atoms with Crippen molar-refractivity contribution in [2.45, 2.75) is 20.4 Å². The second-order valence-corrected chi connectivity index (χ2v) is 3.45. The van der Waals surface area contributed by atoms with Crippen LogP contribution in [0.5, 0.6) is 0 Å². The van der Waals surface area contributed by atoms with Crippen molar-refractivity contribution in [3.8, 4) is 0 Å². The van der Waals surface area contributed by atoms with Crippen LogP contribution in [0.4, 0.5) is 5.82 Å². The molecule has 0 atom stereocenters. The van der Waals surface area contributed by atoms with E-state index in [1.807, 2.05) is 32.0 Å². The van der Waals surface area contributed by atoms with Gasteiger partial charge in [-0.05, 0) is 25.5 Å². The molecule has 15 heavy (non-hydrogen) atoms. The molecule has 4 heteroatoms. The number of aromatic nitrogens is 2. The number of pyridine rings is 1. The summed E-state index contributed by atoms with van der Waals surface area (Å²) in [6.45, 7) is 4.53. The van der Waals surface area contributed by atoms with Crippen LogP contribution < -0.4 is 5.32 Å². The lowest BCUT2D eigenvalue weighted by atomic mass is 10.3. The first-order valence-electron chi connectivity index (χ1n) is 4.83. The second-order valence-electron chi connectivity index (χ2n) is 3.45. The second kappa shape index (κ2) is 4.13. The van der Waals surface area contributed by atoms with E-state index < -0.39 is 0 Å². The molecule has 2 aromatic heterocycles. The molecule has 0 amide bonds. The molecule has 0 fully saturated rings. The van der Waals surface area contributed by atoms with Crippen molar-refractivity contribution in [1.82, 2.24) is 10.1 Å². The maximum atomic E-state index is 4.97. The summed E-state index contributed by atoms with van der Waals surface area (Å²) < 4.78 is 4.97. The van der Waals surface area contributed by atoms with Gasteiger partial charge >= 0.3 is 0 Å². The van der Waals surface area contributed by atoms with E-state index in [-0.39, 0.29) is 0 Å². The Morgan fingerprint density at radius 3 is 2.93 bits per heavy atom. The normalized spacial score (nSPS) is 10.3. The van der Waals surface area contributed by atoms with E-state index in [1.54, 1.807) is 6.20 Å². The molecule has 0 bridgehead atoms. The molecule has 2 heterocycles. The third kappa shape index (κ3) is 2.34. The van der Waals surface area contributed by atoms with Gasteiger partial charge in [0.05, 0.1) is 6.54 Å². The first-order chi connectivity index (χ1) is 7.25. The van der Waals surface area contributed by atoms with Crippen LogP contribution in [0.2, 0.25) is 0 Å². The number of nitrogens with zero attached hydrogens (tertiary/aromatic N) is 2. The third-order valence-electron chi connectivity index (χ3n) is 2.12. The smallest absolute Gasteiger partial charge is 0.133 e. The van der Waals surface area contributed by atoms with Crippen LogP contribution in [0.15, 0.2) is 28.9 Å². The molecule has 0 spiro atoms. The lowest BCUT2D eigenvalue weighted by Crippen LogP contribution is -2.02. The summed E-state index contributed by atoms with van der Waals surface area (Å²) in [7, 11) is 0. The molecule has 0 aliphatic heterocycles. The monoisotopic (exact) mass is 203 g/mol. The Bertz CT molecular complexity index is 451. The topological polar surface area (TPSA) is 51.0 Å². The first kappa shape index (κ1) is 9.71. The third-order valence-corrected chi connectivity index (χ3v) is 2.12. The molecule has 0 aliphatic carbocycles. The van der Waals surface area contributed by atoms with Crippen molar-refractivity contribution in [1.29, 1.82) is 0 Å². The Morgan fingerprint density at radius 1 is 1.40 bits per heavy atom. The molecule has 78 valence electrons. The predicted molar refractivity (Wildman–Crippen MR) is 57.5 cm³/mol. The Labute approximate surface area is 88.3 Å². The highest BCUT2D eigenvalue weighted by Crippen LogP contribution is 2.11. The summed E-state index contributed by atoms with van der Waals surface area (Å²) in [5.74, 6) is 1.71.